The number of hydrogen-bond donors (Lipinski definition) is 0. The molecule has 0 N–H and O–H groups in total. The summed E-state index contributed by atoms with van der Waals surface area (Å²) in [6.45, 7) is 5.72. The van der Waals surface area contributed by atoms with Crippen molar-refractivity contribution in [3.05, 3.63) is 131 Å². The third kappa shape index (κ3) is 3.32. The van der Waals surface area contributed by atoms with Gasteiger partial charge < -0.3 is 4.74 Å². The molecule has 184 valence electrons. The summed E-state index contributed by atoms with van der Waals surface area (Å²) < 4.78 is 7.67. The number of rotatable bonds is 2. The minimum absolute atomic E-state index is 0.361. The Hall–Kier alpha value is -4.63. The van der Waals surface area contributed by atoms with Crippen LogP contribution in [0.1, 0.15) is 43.0 Å². The van der Waals surface area contributed by atoms with Crippen LogP contribution in [0.2, 0.25) is 0 Å². The zero-order valence-corrected chi connectivity index (χ0v) is 21.7. The Balaban J connectivity index is 1.73. The van der Waals surface area contributed by atoms with Gasteiger partial charge in [-0.15, -0.1) is 0 Å². The molecule has 0 spiro atoms. The van der Waals surface area contributed by atoms with Gasteiger partial charge in [-0.25, -0.2) is 9.36 Å². The molecular weight excluding hydrogens is 466 g/mol. The van der Waals surface area contributed by atoms with Crippen molar-refractivity contribution >= 4 is 49.8 Å². The van der Waals surface area contributed by atoms with E-state index in [1.165, 1.54) is 5.57 Å². The maximum Gasteiger partial charge on any atom is 0.419 e. The number of benzene rings is 5. The van der Waals surface area contributed by atoms with E-state index in [-0.39, 0.29) is 6.09 Å². The predicted octanol–water partition coefficient (Wildman–Crippen LogP) is 9.05. The summed E-state index contributed by atoms with van der Waals surface area (Å²) in [5.74, 6) is 0. The van der Waals surface area contributed by atoms with Crippen LogP contribution in [-0.2, 0) is 4.74 Å². The van der Waals surface area contributed by atoms with Gasteiger partial charge in [0, 0.05) is 10.8 Å². The molecule has 0 bridgehead atoms. The van der Waals surface area contributed by atoms with Crippen LogP contribution in [0, 0.1) is 0 Å². The van der Waals surface area contributed by atoms with Gasteiger partial charge in [0.05, 0.1) is 11.0 Å². The number of aromatic nitrogens is 1. The minimum atomic E-state index is -0.605. The van der Waals surface area contributed by atoms with Crippen LogP contribution in [0.5, 0.6) is 0 Å². The maximum absolute atomic E-state index is 13.7. The summed E-state index contributed by atoms with van der Waals surface area (Å²) >= 11 is 0. The summed E-state index contributed by atoms with van der Waals surface area (Å²) in [5.41, 5.74) is 8.06. The molecular formula is C35H27NO2. The average molecular weight is 494 g/mol. The summed E-state index contributed by atoms with van der Waals surface area (Å²) in [5, 5.41) is 4.48. The van der Waals surface area contributed by atoms with Gasteiger partial charge in [0.2, 0.25) is 0 Å². The van der Waals surface area contributed by atoms with Crippen LogP contribution < -0.4 is 0 Å². The molecule has 7 rings (SSSR count). The van der Waals surface area contributed by atoms with E-state index in [0.29, 0.717) is 0 Å². The second-order valence-electron chi connectivity index (χ2n) is 10.9. The SMILES string of the molecule is CC(C)(C)OC(=O)n1c2cccc3c2c2c4c(cccc4ccc21)C(c1ccccc1)=C3c1ccccc1. The largest absolute Gasteiger partial charge is 0.443 e. The lowest BCUT2D eigenvalue weighted by Gasteiger charge is -2.21. The Morgan fingerprint density at radius 3 is 1.74 bits per heavy atom. The first kappa shape index (κ1) is 22.6. The summed E-state index contributed by atoms with van der Waals surface area (Å²) in [7, 11) is 0. The van der Waals surface area contributed by atoms with Crippen molar-refractivity contribution < 1.29 is 9.53 Å². The molecule has 38 heavy (non-hydrogen) atoms. The minimum Gasteiger partial charge on any atom is -0.443 e. The number of ether oxygens (including phenoxy) is 1. The van der Waals surface area contributed by atoms with Crippen LogP contribution in [0.15, 0.2) is 109 Å². The fourth-order valence-electron chi connectivity index (χ4n) is 5.93. The lowest BCUT2D eigenvalue weighted by molar-refractivity contribution is 0.0551. The van der Waals surface area contributed by atoms with Crippen LogP contribution in [0.3, 0.4) is 0 Å². The Bertz CT molecular complexity index is 1920. The number of nitrogens with zero attached hydrogens (tertiary/aromatic N) is 1. The maximum atomic E-state index is 13.7. The molecule has 5 aromatic carbocycles. The molecule has 6 aromatic rings. The number of carbonyl (C=O) groups is 1. The van der Waals surface area contributed by atoms with Gasteiger partial charge in [0.1, 0.15) is 5.60 Å². The first-order chi connectivity index (χ1) is 18.4. The highest BCUT2D eigenvalue weighted by atomic mass is 16.6. The molecule has 1 aliphatic rings. The third-order valence-corrected chi connectivity index (χ3v) is 7.29. The highest BCUT2D eigenvalue weighted by molar-refractivity contribution is 6.31. The topological polar surface area (TPSA) is 31.2 Å². The molecule has 1 aliphatic carbocycles. The van der Waals surface area contributed by atoms with Gasteiger partial charge in [-0.2, -0.15) is 0 Å². The van der Waals surface area contributed by atoms with Crippen molar-refractivity contribution in [3.63, 3.8) is 0 Å². The molecule has 3 heteroatoms. The molecule has 0 unspecified atom stereocenters. The number of hydrogen-bond acceptors (Lipinski definition) is 2. The lowest BCUT2D eigenvalue weighted by Crippen LogP contribution is -2.27. The normalized spacial score (nSPS) is 13.1. The fourth-order valence-corrected chi connectivity index (χ4v) is 5.93. The molecule has 0 radical (unpaired) electrons. The highest BCUT2D eigenvalue weighted by Gasteiger charge is 2.29. The standard InChI is InChI=1S/C35H27NO2/c1-35(2,3)38-34(37)36-27-19-11-18-26-30(23-14-8-5-9-15-23)29(22-12-6-4-7-13-22)25-17-10-16-24-20-21-28(36)33(31(24)25)32(26)27/h4-21H,1-3H3. The summed E-state index contributed by atoms with van der Waals surface area (Å²) in [6, 6.07) is 38.2. The molecule has 0 saturated heterocycles. The molecule has 0 amide bonds. The van der Waals surface area contributed by atoms with Crippen LogP contribution in [0.4, 0.5) is 4.79 Å². The Morgan fingerprint density at radius 1 is 0.579 bits per heavy atom. The van der Waals surface area contributed by atoms with Gasteiger partial charge in [-0.3, -0.25) is 0 Å². The van der Waals surface area contributed by atoms with E-state index in [9.17, 15) is 4.79 Å². The molecule has 1 heterocycles. The first-order valence-electron chi connectivity index (χ1n) is 13.0. The van der Waals surface area contributed by atoms with Gasteiger partial charge in [0.25, 0.3) is 0 Å². The molecule has 1 aromatic heterocycles. The van der Waals surface area contributed by atoms with Crippen molar-refractivity contribution in [1.29, 1.82) is 0 Å². The zero-order valence-electron chi connectivity index (χ0n) is 21.7. The van der Waals surface area contributed by atoms with Gasteiger partial charge in [0.15, 0.2) is 0 Å². The molecule has 0 fully saturated rings. The lowest BCUT2D eigenvalue weighted by atomic mass is 9.85. The molecule has 0 atom stereocenters. The van der Waals surface area contributed by atoms with Crippen LogP contribution >= 0.6 is 0 Å². The second kappa shape index (κ2) is 8.19. The average Bonchev–Trinajstić information content (AvgIpc) is 3.19. The Kier molecular flexibility index (Phi) is 4.86. The zero-order chi connectivity index (χ0) is 26.0. The summed E-state index contributed by atoms with van der Waals surface area (Å²) in [4.78, 5) is 13.7. The monoisotopic (exact) mass is 493 g/mol. The van der Waals surface area contributed by atoms with E-state index in [1.54, 1.807) is 4.57 Å². The Morgan fingerprint density at radius 2 is 1.13 bits per heavy atom. The Labute approximate surface area is 221 Å². The van der Waals surface area contributed by atoms with Gasteiger partial charge >= 0.3 is 6.09 Å². The van der Waals surface area contributed by atoms with Crippen LogP contribution in [-0.4, -0.2) is 16.3 Å². The smallest absolute Gasteiger partial charge is 0.419 e. The highest BCUT2D eigenvalue weighted by Crippen LogP contribution is 2.49. The van der Waals surface area contributed by atoms with Crippen molar-refractivity contribution in [1.82, 2.24) is 4.57 Å². The third-order valence-electron chi connectivity index (χ3n) is 7.29. The quantitative estimate of drug-likeness (QED) is 0.240. The number of carbonyl (C=O) groups excluding carboxylic acids is 1. The van der Waals surface area contributed by atoms with Crippen molar-refractivity contribution in [2.45, 2.75) is 26.4 Å². The molecule has 0 saturated carbocycles. The van der Waals surface area contributed by atoms with E-state index in [0.717, 1.165) is 60.4 Å². The van der Waals surface area contributed by atoms with Crippen LogP contribution in [0.25, 0.3) is 43.7 Å². The van der Waals surface area contributed by atoms with E-state index in [4.69, 9.17) is 4.74 Å². The van der Waals surface area contributed by atoms with E-state index in [1.807, 2.05) is 26.8 Å². The van der Waals surface area contributed by atoms with E-state index >= 15 is 0 Å². The predicted molar refractivity (Wildman–Crippen MR) is 156 cm³/mol. The van der Waals surface area contributed by atoms with E-state index in [2.05, 4.69) is 103 Å². The van der Waals surface area contributed by atoms with Gasteiger partial charge in [-0.1, -0.05) is 97.1 Å². The van der Waals surface area contributed by atoms with Crippen molar-refractivity contribution in [3.8, 4) is 0 Å². The molecule has 3 nitrogen and oxygen atoms in total. The van der Waals surface area contributed by atoms with Crippen molar-refractivity contribution in [2.75, 3.05) is 0 Å². The first-order valence-corrected chi connectivity index (χ1v) is 13.0. The molecule has 0 aliphatic heterocycles. The van der Waals surface area contributed by atoms with Crippen molar-refractivity contribution in [2.24, 2.45) is 0 Å². The van der Waals surface area contributed by atoms with E-state index < -0.39 is 5.60 Å². The summed E-state index contributed by atoms with van der Waals surface area (Å²) in [6.07, 6.45) is -0.361. The fraction of sp³-hybridized carbons (Fsp3) is 0.114. The second-order valence-corrected chi connectivity index (χ2v) is 10.9. The van der Waals surface area contributed by atoms with Gasteiger partial charge in [-0.05, 0) is 77.1 Å².